The number of Topliss-reactive ketones (excluding diaryl/α,β-unsaturated/α-hetero) is 1. The maximum absolute atomic E-state index is 13.7. The Kier molecular flexibility index (Phi) is 3.97. The van der Waals surface area contributed by atoms with Crippen LogP contribution in [0.4, 0.5) is 0 Å². The lowest BCUT2D eigenvalue weighted by Crippen LogP contribution is -2.46. The number of fused-ring (bicyclic) bond motifs is 1. The Morgan fingerprint density at radius 1 is 0.889 bits per heavy atom. The maximum Gasteiger partial charge on any atom is 0.201 e. The van der Waals surface area contributed by atoms with E-state index in [4.69, 9.17) is 16.3 Å². The molecular weight excluding hydrogens is 368 g/mol. The van der Waals surface area contributed by atoms with Crippen LogP contribution in [-0.2, 0) is 5.41 Å². The average molecular weight is 383 g/mol. The summed E-state index contributed by atoms with van der Waals surface area (Å²) in [6.45, 7) is -0.0488. The smallest absolute Gasteiger partial charge is 0.201 e. The highest BCUT2D eigenvalue weighted by Gasteiger charge is 2.49. The van der Waals surface area contributed by atoms with Crippen molar-refractivity contribution in [1.82, 2.24) is 0 Å². The summed E-state index contributed by atoms with van der Waals surface area (Å²) in [5.74, 6) is -2.47. The Labute approximate surface area is 160 Å². The number of ketones is 1. The van der Waals surface area contributed by atoms with Gasteiger partial charge in [-0.15, -0.1) is 0 Å². The van der Waals surface area contributed by atoms with Gasteiger partial charge in [0.15, 0.2) is 17.3 Å². The average Bonchev–Trinajstić information content (AvgIpc) is 2.67. The van der Waals surface area contributed by atoms with Crippen LogP contribution in [0.2, 0.25) is 5.02 Å². The van der Waals surface area contributed by atoms with E-state index in [0.29, 0.717) is 16.1 Å². The SMILES string of the molecule is O=C1c2c(cc(O)c(O)c2O)OCC1(c1ccccc1)c1cccc(Cl)c1. The molecule has 3 N–H and O–H groups in total. The second kappa shape index (κ2) is 6.21. The van der Waals surface area contributed by atoms with Gasteiger partial charge in [0.25, 0.3) is 0 Å². The summed E-state index contributed by atoms with van der Waals surface area (Å²) < 4.78 is 5.78. The molecule has 0 aliphatic carbocycles. The van der Waals surface area contributed by atoms with Crippen LogP contribution in [0.5, 0.6) is 23.0 Å². The molecule has 3 aromatic rings. The summed E-state index contributed by atoms with van der Waals surface area (Å²) in [6.07, 6.45) is 0. The molecule has 3 aromatic carbocycles. The Morgan fingerprint density at radius 2 is 1.59 bits per heavy atom. The number of carbonyl (C=O) groups is 1. The van der Waals surface area contributed by atoms with Crippen LogP contribution in [-0.4, -0.2) is 27.7 Å². The molecule has 1 aliphatic rings. The molecule has 136 valence electrons. The van der Waals surface area contributed by atoms with Gasteiger partial charge in [-0.25, -0.2) is 0 Å². The molecule has 4 rings (SSSR count). The molecule has 0 bridgehead atoms. The van der Waals surface area contributed by atoms with Crippen LogP contribution < -0.4 is 4.74 Å². The fourth-order valence-electron chi connectivity index (χ4n) is 3.49. The minimum Gasteiger partial charge on any atom is -0.504 e. The van der Waals surface area contributed by atoms with Crippen molar-refractivity contribution in [3.63, 3.8) is 0 Å². The number of ether oxygens (including phenoxy) is 1. The molecule has 0 spiro atoms. The molecule has 27 heavy (non-hydrogen) atoms. The summed E-state index contributed by atoms with van der Waals surface area (Å²) in [4.78, 5) is 13.7. The predicted molar refractivity (Wildman–Crippen MR) is 99.9 cm³/mol. The first-order chi connectivity index (χ1) is 12.9. The number of phenols is 3. The summed E-state index contributed by atoms with van der Waals surface area (Å²) >= 11 is 6.16. The van der Waals surface area contributed by atoms with Crippen molar-refractivity contribution < 1.29 is 24.9 Å². The molecule has 0 amide bonds. The number of rotatable bonds is 2. The number of carbonyl (C=O) groups excluding carboxylic acids is 1. The van der Waals surface area contributed by atoms with Gasteiger partial charge < -0.3 is 20.1 Å². The van der Waals surface area contributed by atoms with Gasteiger partial charge in [-0.2, -0.15) is 0 Å². The van der Waals surface area contributed by atoms with Crippen LogP contribution >= 0.6 is 11.6 Å². The van der Waals surface area contributed by atoms with Gasteiger partial charge in [0.2, 0.25) is 5.75 Å². The molecule has 1 aliphatic heterocycles. The second-order valence-corrected chi connectivity index (χ2v) is 6.80. The number of aromatic hydroxyl groups is 3. The molecule has 0 fully saturated rings. The minimum absolute atomic E-state index is 0.0152. The molecule has 1 unspecified atom stereocenters. The van der Waals surface area contributed by atoms with E-state index in [1.807, 2.05) is 6.07 Å². The topological polar surface area (TPSA) is 87.0 Å². The minimum atomic E-state index is -1.26. The lowest BCUT2D eigenvalue weighted by molar-refractivity contribution is 0.0812. The molecule has 0 radical (unpaired) electrons. The van der Waals surface area contributed by atoms with Crippen LogP contribution in [0.1, 0.15) is 21.5 Å². The van der Waals surface area contributed by atoms with E-state index in [9.17, 15) is 20.1 Å². The number of halogens is 1. The highest BCUT2D eigenvalue weighted by molar-refractivity contribution is 6.30. The third-order valence-electron chi connectivity index (χ3n) is 4.86. The standard InChI is InChI=1S/C21H15ClO5/c22-14-8-4-7-13(9-14)21(12-5-2-1-3-6-12)11-27-16-10-15(23)18(24)19(25)17(16)20(21)26/h1-10,23-25H,11H2. The van der Waals surface area contributed by atoms with Crippen molar-refractivity contribution in [2.45, 2.75) is 5.41 Å². The number of phenolic OH excluding ortho intramolecular Hbond substituents is 3. The van der Waals surface area contributed by atoms with Gasteiger partial charge in [0, 0.05) is 11.1 Å². The lowest BCUT2D eigenvalue weighted by atomic mass is 9.68. The van der Waals surface area contributed by atoms with Crippen molar-refractivity contribution >= 4 is 17.4 Å². The van der Waals surface area contributed by atoms with Gasteiger partial charge >= 0.3 is 0 Å². The van der Waals surface area contributed by atoms with Gasteiger partial charge in [0.1, 0.15) is 23.3 Å². The summed E-state index contributed by atoms with van der Waals surface area (Å²) in [7, 11) is 0. The second-order valence-electron chi connectivity index (χ2n) is 6.37. The van der Waals surface area contributed by atoms with Crippen molar-refractivity contribution in [3.05, 3.63) is 82.4 Å². The first-order valence-corrected chi connectivity index (χ1v) is 8.60. The van der Waals surface area contributed by atoms with E-state index in [1.165, 1.54) is 0 Å². The Morgan fingerprint density at radius 3 is 2.30 bits per heavy atom. The van der Waals surface area contributed by atoms with Crippen LogP contribution in [0.25, 0.3) is 0 Å². The molecule has 6 heteroatoms. The lowest BCUT2D eigenvalue weighted by Gasteiger charge is -2.37. The van der Waals surface area contributed by atoms with Crippen molar-refractivity contribution in [2.24, 2.45) is 0 Å². The van der Waals surface area contributed by atoms with E-state index < -0.39 is 28.4 Å². The monoisotopic (exact) mass is 382 g/mol. The summed E-state index contributed by atoms with van der Waals surface area (Å²) in [5, 5.41) is 30.4. The van der Waals surface area contributed by atoms with Gasteiger partial charge in [-0.05, 0) is 23.3 Å². The molecule has 1 atom stereocenters. The molecular formula is C21H15ClO5. The van der Waals surface area contributed by atoms with Crippen molar-refractivity contribution in [1.29, 1.82) is 0 Å². The Balaban J connectivity index is 2.02. The largest absolute Gasteiger partial charge is 0.504 e. The zero-order valence-electron chi connectivity index (χ0n) is 14.0. The van der Waals surface area contributed by atoms with Crippen LogP contribution in [0.15, 0.2) is 60.7 Å². The maximum atomic E-state index is 13.7. The van der Waals surface area contributed by atoms with Gasteiger partial charge in [-0.1, -0.05) is 54.1 Å². The van der Waals surface area contributed by atoms with E-state index in [-0.39, 0.29) is 17.9 Å². The Hall–Kier alpha value is -3.18. The van der Waals surface area contributed by atoms with Crippen LogP contribution in [0, 0.1) is 0 Å². The number of benzene rings is 3. The van der Waals surface area contributed by atoms with Crippen molar-refractivity contribution in [2.75, 3.05) is 6.61 Å². The number of hydrogen-bond donors (Lipinski definition) is 3. The van der Waals surface area contributed by atoms with Gasteiger partial charge in [-0.3, -0.25) is 4.79 Å². The third kappa shape index (κ3) is 2.51. The Bertz CT molecular complexity index is 1050. The molecule has 5 nitrogen and oxygen atoms in total. The van der Waals surface area contributed by atoms with E-state index in [1.54, 1.807) is 48.5 Å². The van der Waals surface area contributed by atoms with Gasteiger partial charge in [0.05, 0.1) is 0 Å². The fraction of sp³-hybridized carbons (Fsp3) is 0.0952. The molecule has 0 saturated heterocycles. The van der Waals surface area contributed by atoms with Crippen LogP contribution in [0.3, 0.4) is 0 Å². The van der Waals surface area contributed by atoms with E-state index in [0.717, 1.165) is 6.07 Å². The fourth-order valence-corrected chi connectivity index (χ4v) is 3.68. The quantitative estimate of drug-likeness (QED) is 0.583. The number of hydrogen-bond acceptors (Lipinski definition) is 5. The first-order valence-electron chi connectivity index (χ1n) is 8.22. The normalized spacial score (nSPS) is 18.6. The molecule has 0 aromatic heterocycles. The summed E-state index contributed by atoms with van der Waals surface area (Å²) in [6, 6.07) is 17.0. The zero-order chi connectivity index (χ0) is 19.2. The first kappa shape index (κ1) is 17.2. The third-order valence-corrected chi connectivity index (χ3v) is 5.10. The highest BCUT2D eigenvalue weighted by Crippen LogP contribution is 2.50. The highest BCUT2D eigenvalue weighted by atomic mass is 35.5. The van der Waals surface area contributed by atoms with E-state index >= 15 is 0 Å². The molecule has 1 heterocycles. The zero-order valence-corrected chi connectivity index (χ0v) is 14.8. The van der Waals surface area contributed by atoms with E-state index in [2.05, 4.69) is 0 Å². The van der Waals surface area contributed by atoms with Crippen molar-refractivity contribution in [3.8, 4) is 23.0 Å². The predicted octanol–water partition coefficient (Wildman–Crippen LogP) is 4.02. The summed E-state index contributed by atoms with van der Waals surface area (Å²) in [5.41, 5.74) is -0.181. The molecule has 0 saturated carbocycles.